The third kappa shape index (κ3) is 4.69. The van der Waals surface area contributed by atoms with Gasteiger partial charge >= 0.3 is 5.97 Å². The fourth-order valence-corrected chi connectivity index (χ4v) is 1.96. The first kappa shape index (κ1) is 17.7. The Bertz CT molecular complexity index is 1110. The van der Waals surface area contributed by atoms with Gasteiger partial charge in [-0.15, -0.1) is 0 Å². The summed E-state index contributed by atoms with van der Waals surface area (Å²) in [5.74, 6) is 0.0207. The maximum atomic E-state index is 11.9. The topological polar surface area (TPSA) is 88.4 Å². The third-order valence-electron chi connectivity index (χ3n) is 3.37. The van der Waals surface area contributed by atoms with Gasteiger partial charge in [0.2, 0.25) is 0 Å². The number of ether oxygens (including phenoxy) is 2. The molecule has 3 rings (SSSR count). The Morgan fingerprint density at radius 3 is 2.48 bits per heavy atom. The molecule has 0 spiro atoms. The highest BCUT2D eigenvalue weighted by atomic mass is 16.6. The summed E-state index contributed by atoms with van der Waals surface area (Å²) < 4.78 is 10.2. The van der Waals surface area contributed by atoms with Gasteiger partial charge in [0, 0.05) is 18.0 Å². The van der Waals surface area contributed by atoms with Crippen LogP contribution in [0.4, 0.5) is 0 Å². The lowest BCUT2D eigenvalue weighted by Gasteiger charge is -2.05. The number of carbonyl (C=O) groups is 1. The van der Waals surface area contributed by atoms with Gasteiger partial charge in [-0.05, 0) is 53.8 Å². The summed E-state index contributed by atoms with van der Waals surface area (Å²) in [6.07, 6.45) is 2.44. The van der Waals surface area contributed by atoms with Gasteiger partial charge in [0.15, 0.2) is 17.7 Å². The first-order chi connectivity index (χ1) is 13.2. The van der Waals surface area contributed by atoms with Gasteiger partial charge in [-0.3, -0.25) is 0 Å². The van der Waals surface area contributed by atoms with Crippen molar-refractivity contribution in [2.45, 2.75) is 6.10 Å². The normalized spacial score (nSPS) is 13.5. The number of nitrogens with zero attached hydrogens (tertiary/aromatic N) is 3. The first-order valence-corrected chi connectivity index (χ1v) is 7.77. The maximum absolute atomic E-state index is 11.9. The molecule has 0 aliphatic carbocycles. The molecule has 0 radical (unpaired) electrons. The molecule has 27 heavy (non-hydrogen) atoms. The van der Waals surface area contributed by atoms with Crippen molar-refractivity contribution in [2.75, 3.05) is 6.61 Å². The molecule has 1 aliphatic heterocycles. The SMILES string of the molecule is C=C=C=C=C=C=C(OC(=O)C1CO1)c1cnc(-c2ccc(C#N)cc2)nc1. The predicted octanol–water partition coefficient (Wildman–Crippen LogP) is 2.70. The number of hydrogen-bond donors (Lipinski definition) is 0. The zero-order chi connectivity index (χ0) is 19.1. The van der Waals surface area contributed by atoms with Crippen molar-refractivity contribution in [3.8, 4) is 17.5 Å². The van der Waals surface area contributed by atoms with Crippen LogP contribution in [0.3, 0.4) is 0 Å². The van der Waals surface area contributed by atoms with E-state index in [4.69, 9.17) is 14.7 Å². The average Bonchev–Trinajstić information content (AvgIpc) is 3.56. The minimum atomic E-state index is -0.562. The summed E-state index contributed by atoms with van der Waals surface area (Å²) in [7, 11) is 0. The molecule has 2 heterocycles. The van der Waals surface area contributed by atoms with Gasteiger partial charge in [0.05, 0.1) is 23.8 Å². The number of hydrogen-bond acceptors (Lipinski definition) is 6. The van der Waals surface area contributed by atoms with Crippen LogP contribution >= 0.6 is 0 Å². The van der Waals surface area contributed by atoms with E-state index in [1.165, 1.54) is 12.4 Å². The lowest BCUT2D eigenvalue weighted by atomic mass is 10.1. The van der Waals surface area contributed by atoms with Crippen LogP contribution in [0.15, 0.2) is 71.9 Å². The second kappa shape index (κ2) is 8.30. The van der Waals surface area contributed by atoms with Crippen molar-refractivity contribution in [2.24, 2.45) is 0 Å². The zero-order valence-electron chi connectivity index (χ0n) is 14.0. The van der Waals surface area contributed by atoms with Crippen molar-refractivity contribution < 1.29 is 14.3 Å². The second-order valence-electron chi connectivity index (χ2n) is 5.23. The van der Waals surface area contributed by atoms with E-state index >= 15 is 0 Å². The van der Waals surface area contributed by atoms with E-state index in [9.17, 15) is 4.79 Å². The minimum Gasteiger partial charge on any atom is -0.414 e. The van der Waals surface area contributed by atoms with Gasteiger partial charge in [-0.25, -0.2) is 14.8 Å². The van der Waals surface area contributed by atoms with E-state index in [1.54, 1.807) is 24.3 Å². The van der Waals surface area contributed by atoms with Crippen molar-refractivity contribution in [3.63, 3.8) is 0 Å². The summed E-state index contributed by atoms with van der Waals surface area (Å²) in [5.41, 5.74) is 14.3. The standard InChI is InChI=1S/C21H11N3O3/c1-2-3-4-5-6-18(27-21(25)19-14-26-19)17-12-23-20(24-13-17)16-9-7-15(11-22)8-10-16/h7-10,12-13,19H,1,14H2. The average molecular weight is 353 g/mol. The van der Waals surface area contributed by atoms with Gasteiger partial charge in [-0.1, -0.05) is 5.73 Å². The van der Waals surface area contributed by atoms with Crippen LogP contribution in [0, 0.1) is 11.3 Å². The molecule has 1 aromatic heterocycles. The Morgan fingerprint density at radius 2 is 1.89 bits per heavy atom. The monoisotopic (exact) mass is 353 g/mol. The summed E-state index contributed by atoms with van der Waals surface area (Å²) in [6.45, 7) is 3.68. The Labute approximate surface area is 155 Å². The molecule has 0 amide bonds. The van der Waals surface area contributed by atoms with E-state index < -0.39 is 12.1 Å². The van der Waals surface area contributed by atoms with E-state index in [-0.39, 0.29) is 5.76 Å². The van der Waals surface area contributed by atoms with Gasteiger partial charge in [-0.2, -0.15) is 5.26 Å². The van der Waals surface area contributed by atoms with Crippen LogP contribution in [-0.2, 0) is 14.3 Å². The summed E-state index contributed by atoms with van der Waals surface area (Å²) in [4.78, 5) is 20.4. The van der Waals surface area contributed by atoms with Crippen molar-refractivity contribution in [1.82, 2.24) is 9.97 Å². The van der Waals surface area contributed by atoms with E-state index in [0.29, 0.717) is 23.6 Å². The maximum Gasteiger partial charge on any atom is 0.343 e. The second-order valence-corrected chi connectivity index (χ2v) is 5.23. The Balaban J connectivity index is 1.93. The van der Waals surface area contributed by atoms with Crippen LogP contribution in [0.1, 0.15) is 11.1 Å². The first-order valence-electron chi connectivity index (χ1n) is 7.77. The summed E-state index contributed by atoms with van der Waals surface area (Å²) >= 11 is 0. The summed E-state index contributed by atoms with van der Waals surface area (Å²) in [5, 5.41) is 8.85. The van der Waals surface area contributed by atoms with Crippen LogP contribution in [0.2, 0.25) is 0 Å². The summed E-state index contributed by atoms with van der Waals surface area (Å²) in [6, 6.07) is 8.93. The fourth-order valence-electron chi connectivity index (χ4n) is 1.96. The molecule has 0 saturated carbocycles. The Kier molecular flexibility index (Phi) is 5.43. The smallest absolute Gasteiger partial charge is 0.343 e. The molecule has 1 aromatic carbocycles. The fraction of sp³-hybridized carbons (Fsp3) is 0.0952. The highest BCUT2D eigenvalue weighted by Gasteiger charge is 2.34. The van der Waals surface area contributed by atoms with Crippen molar-refractivity contribution in [1.29, 1.82) is 5.26 Å². The number of rotatable bonds is 4. The van der Waals surface area contributed by atoms with Crippen molar-refractivity contribution in [3.05, 3.63) is 83.0 Å². The van der Waals surface area contributed by atoms with E-state index in [1.807, 2.05) is 0 Å². The predicted molar refractivity (Wildman–Crippen MR) is 94.6 cm³/mol. The van der Waals surface area contributed by atoms with Gasteiger partial charge < -0.3 is 9.47 Å². The largest absolute Gasteiger partial charge is 0.414 e. The van der Waals surface area contributed by atoms with Crippen LogP contribution < -0.4 is 0 Å². The number of nitriles is 1. The quantitative estimate of drug-likeness (QED) is 0.363. The number of epoxide rings is 1. The molecular formula is C21H11N3O3. The van der Waals surface area contributed by atoms with Gasteiger partial charge in [0.1, 0.15) is 0 Å². The van der Waals surface area contributed by atoms with Crippen LogP contribution in [0.25, 0.3) is 17.1 Å². The molecule has 1 atom stereocenters. The lowest BCUT2D eigenvalue weighted by molar-refractivity contribution is -0.138. The highest BCUT2D eigenvalue weighted by Crippen LogP contribution is 2.20. The molecular weight excluding hydrogens is 342 g/mol. The van der Waals surface area contributed by atoms with Gasteiger partial charge in [0.25, 0.3) is 0 Å². The molecule has 1 fully saturated rings. The Hall–Kier alpha value is -4.14. The molecule has 0 N–H and O–H groups in total. The highest BCUT2D eigenvalue weighted by molar-refractivity contribution is 5.83. The van der Waals surface area contributed by atoms with Crippen LogP contribution in [-0.4, -0.2) is 28.6 Å². The number of benzene rings is 1. The molecule has 2 aromatic rings. The van der Waals surface area contributed by atoms with E-state index in [2.05, 4.69) is 51.3 Å². The third-order valence-corrected chi connectivity index (χ3v) is 3.37. The number of aromatic nitrogens is 2. The lowest BCUT2D eigenvalue weighted by Crippen LogP contribution is -2.10. The molecule has 1 aliphatic rings. The minimum absolute atomic E-state index is 0.0836. The molecule has 1 unspecified atom stereocenters. The van der Waals surface area contributed by atoms with Crippen LogP contribution in [0.5, 0.6) is 0 Å². The molecule has 6 heteroatoms. The molecule has 6 nitrogen and oxygen atoms in total. The van der Waals surface area contributed by atoms with E-state index in [0.717, 1.165) is 5.56 Å². The Morgan fingerprint density at radius 1 is 1.19 bits per heavy atom. The molecule has 128 valence electrons. The molecule has 1 saturated heterocycles. The van der Waals surface area contributed by atoms with Crippen molar-refractivity contribution >= 4 is 11.7 Å². The zero-order valence-corrected chi connectivity index (χ0v) is 14.0. The molecule has 0 bridgehead atoms. The number of carbonyl (C=O) groups excluding carboxylic acids is 1. The number of esters is 1.